The van der Waals surface area contributed by atoms with Crippen molar-refractivity contribution in [2.45, 2.75) is 19.4 Å². The molecule has 2 aromatic carbocycles. The second-order valence-corrected chi connectivity index (χ2v) is 7.22. The summed E-state index contributed by atoms with van der Waals surface area (Å²) in [5, 5.41) is 3.81. The molecule has 0 bridgehead atoms. The molecule has 0 heterocycles. The van der Waals surface area contributed by atoms with Crippen LogP contribution in [0.5, 0.6) is 5.75 Å². The van der Waals surface area contributed by atoms with Gasteiger partial charge in [-0.15, -0.1) is 0 Å². The van der Waals surface area contributed by atoms with Crippen LogP contribution < -0.4 is 15.8 Å². The highest BCUT2D eigenvalue weighted by Crippen LogP contribution is 2.24. The number of halogens is 1. The first-order valence-electron chi connectivity index (χ1n) is 9.14. The number of ether oxygens (including phenoxy) is 2. The molecule has 0 atom stereocenters. The summed E-state index contributed by atoms with van der Waals surface area (Å²) >= 11 is 5.87. The first-order valence-corrected chi connectivity index (χ1v) is 9.51. The van der Waals surface area contributed by atoms with Gasteiger partial charge in [-0.25, -0.2) is 0 Å². The van der Waals surface area contributed by atoms with Crippen LogP contribution in [0.15, 0.2) is 60.8 Å². The molecule has 0 radical (unpaired) electrons. The fraction of sp³-hybridized carbons (Fsp3) is 0.318. The van der Waals surface area contributed by atoms with Gasteiger partial charge >= 0.3 is 0 Å². The molecule has 0 aliphatic carbocycles. The molecule has 3 N–H and O–H groups in total. The summed E-state index contributed by atoms with van der Waals surface area (Å²) < 4.78 is 11.4. The Labute approximate surface area is 171 Å². The third-order valence-corrected chi connectivity index (χ3v) is 4.42. The van der Waals surface area contributed by atoms with Crippen LogP contribution in [0.25, 0.3) is 0 Å². The molecule has 0 saturated heterocycles. The van der Waals surface area contributed by atoms with Crippen LogP contribution in [0, 0.1) is 0 Å². The lowest BCUT2D eigenvalue weighted by atomic mass is 10.0. The van der Waals surface area contributed by atoms with E-state index in [1.54, 1.807) is 48.5 Å². The number of hydrogen-bond donors (Lipinski definition) is 2. The minimum absolute atomic E-state index is 0.0639. The second-order valence-electron chi connectivity index (χ2n) is 6.78. The standard InChI is InChI=1S/C22H27ClN2O3/c1-16(25-13-15-27-14-12-24)22(2,3)28-20-10-6-18(7-11-20)21(26)17-4-8-19(23)9-5-17/h4-11,25H,1,12-15,24H2,2-3H3. The van der Waals surface area contributed by atoms with Gasteiger partial charge in [0.15, 0.2) is 5.78 Å². The Morgan fingerprint density at radius 1 is 1.07 bits per heavy atom. The molecule has 5 nitrogen and oxygen atoms in total. The van der Waals surface area contributed by atoms with Crippen molar-refractivity contribution in [1.82, 2.24) is 5.32 Å². The molecule has 2 aromatic rings. The second kappa shape index (κ2) is 10.3. The zero-order valence-electron chi connectivity index (χ0n) is 16.3. The average molecular weight is 403 g/mol. The normalized spacial score (nSPS) is 11.1. The fourth-order valence-electron chi connectivity index (χ4n) is 2.47. The first kappa shape index (κ1) is 22.0. The molecule has 0 spiro atoms. The van der Waals surface area contributed by atoms with Crippen LogP contribution in [0.1, 0.15) is 29.8 Å². The highest BCUT2D eigenvalue weighted by molar-refractivity contribution is 6.30. The highest BCUT2D eigenvalue weighted by Gasteiger charge is 2.24. The van der Waals surface area contributed by atoms with Crippen molar-refractivity contribution in [2.24, 2.45) is 5.73 Å². The summed E-state index contributed by atoms with van der Waals surface area (Å²) in [7, 11) is 0. The molecule has 28 heavy (non-hydrogen) atoms. The van der Waals surface area contributed by atoms with Gasteiger partial charge in [-0.2, -0.15) is 0 Å². The van der Waals surface area contributed by atoms with E-state index >= 15 is 0 Å². The van der Waals surface area contributed by atoms with Gasteiger partial charge in [0.2, 0.25) is 0 Å². The number of benzene rings is 2. The molecule has 0 saturated carbocycles. The molecular formula is C22H27ClN2O3. The van der Waals surface area contributed by atoms with Crippen LogP contribution in [-0.4, -0.2) is 37.7 Å². The van der Waals surface area contributed by atoms with Gasteiger partial charge in [-0.05, 0) is 62.4 Å². The summed E-state index contributed by atoms with van der Waals surface area (Å²) in [6.07, 6.45) is 0. The van der Waals surface area contributed by atoms with Crippen LogP contribution in [0.2, 0.25) is 5.02 Å². The van der Waals surface area contributed by atoms with E-state index in [4.69, 9.17) is 26.8 Å². The molecule has 0 aliphatic heterocycles. The smallest absolute Gasteiger partial charge is 0.193 e. The van der Waals surface area contributed by atoms with E-state index in [-0.39, 0.29) is 5.78 Å². The quantitative estimate of drug-likeness (QED) is 0.441. The van der Waals surface area contributed by atoms with Gasteiger partial charge in [0.1, 0.15) is 11.4 Å². The Kier molecular flexibility index (Phi) is 8.05. The average Bonchev–Trinajstić information content (AvgIpc) is 2.68. The predicted octanol–water partition coefficient (Wildman–Crippen LogP) is 3.81. The van der Waals surface area contributed by atoms with Gasteiger partial charge in [-0.3, -0.25) is 4.79 Å². The topological polar surface area (TPSA) is 73.6 Å². The SMILES string of the molecule is C=C(NCCOCCN)C(C)(C)Oc1ccc(C(=O)c2ccc(Cl)cc2)cc1. The third kappa shape index (κ3) is 6.37. The molecule has 0 amide bonds. The molecule has 0 aliphatic rings. The summed E-state index contributed by atoms with van der Waals surface area (Å²) in [6.45, 7) is 10.1. The largest absolute Gasteiger partial charge is 0.482 e. The lowest BCUT2D eigenvalue weighted by molar-refractivity contribution is 0.103. The summed E-state index contributed by atoms with van der Waals surface area (Å²) in [4.78, 5) is 12.5. The minimum atomic E-state index is -0.629. The van der Waals surface area contributed by atoms with Crippen LogP contribution in [0.3, 0.4) is 0 Å². The van der Waals surface area contributed by atoms with Crippen molar-refractivity contribution in [3.05, 3.63) is 77.0 Å². The van der Waals surface area contributed by atoms with Gasteiger partial charge in [0.25, 0.3) is 0 Å². The van der Waals surface area contributed by atoms with Crippen molar-refractivity contribution in [3.8, 4) is 5.75 Å². The third-order valence-electron chi connectivity index (χ3n) is 4.17. The van der Waals surface area contributed by atoms with Crippen molar-refractivity contribution < 1.29 is 14.3 Å². The van der Waals surface area contributed by atoms with E-state index in [9.17, 15) is 4.79 Å². The Bertz CT molecular complexity index is 786. The number of hydrogen-bond acceptors (Lipinski definition) is 5. The molecule has 150 valence electrons. The summed E-state index contributed by atoms with van der Waals surface area (Å²) in [5.41, 5.74) is 6.67. The van der Waals surface area contributed by atoms with Gasteiger partial charge in [-0.1, -0.05) is 18.2 Å². The van der Waals surface area contributed by atoms with Crippen molar-refractivity contribution in [2.75, 3.05) is 26.3 Å². The van der Waals surface area contributed by atoms with Gasteiger partial charge in [0.05, 0.1) is 13.2 Å². The number of carbonyl (C=O) groups is 1. The maximum atomic E-state index is 12.5. The van der Waals surface area contributed by atoms with Crippen LogP contribution in [0.4, 0.5) is 0 Å². The Balaban J connectivity index is 1.94. The molecule has 0 aromatic heterocycles. The number of nitrogens with two attached hydrogens (primary N) is 1. The molecule has 2 rings (SSSR count). The van der Waals surface area contributed by atoms with Crippen molar-refractivity contribution in [3.63, 3.8) is 0 Å². The molecule has 0 fully saturated rings. The maximum Gasteiger partial charge on any atom is 0.193 e. The van der Waals surface area contributed by atoms with E-state index in [1.165, 1.54) is 0 Å². The lowest BCUT2D eigenvalue weighted by Gasteiger charge is -2.29. The van der Waals surface area contributed by atoms with E-state index in [0.29, 0.717) is 48.2 Å². The van der Waals surface area contributed by atoms with E-state index in [1.807, 2.05) is 13.8 Å². The van der Waals surface area contributed by atoms with E-state index in [2.05, 4.69) is 11.9 Å². The van der Waals surface area contributed by atoms with E-state index in [0.717, 1.165) is 5.70 Å². The van der Waals surface area contributed by atoms with Gasteiger partial charge in [0, 0.05) is 34.9 Å². The number of carbonyl (C=O) groups excluding carboxylic acids is 1. The van der Waals surface area contributed by atoms with E-state index < -0.39 is 5.60 Å². The van der Waals surface area contributed by atoms with Gasteiger partial charge < -0.3 is 20.5 Å². The molecule has 6 heteroatoms. The summed E-state index contributed by atoms with van der Waals surface area (Å²) in [6, 6.07) is 13.9. The first-order chi connectivity index (χ1) is 13.3. The number of ketones is 1. The zero-order valence-corrected chi connectivity index (χ0v) is 17.1. The fourth-order valence-corrected chi connectivity index (χ4v) is 2.60. The molecule has 0 unspecified atom stereocenters. The van der Waals surface area contributed by atoms with Crippen LogP contribution >= 0.6 is 11.6 Å². The van der Waals surface area contributed by atoms with Crippen molar-refractivity contribution >= 4 is 17.4 Å². The lowest BCUT2D eigenvalue weighted by Crippen LogP contribution is -2.38. The minimum Gasteiger partial charge on any atom is -0.482 e. The number of rotatable bonds is 11. The Morgan fingerprint density at radius 2 is 1.64 bits per heavy atom. The summed E-state index contributed by atoms with van der Waals surface area (Å²) in [5.74, 6) is 0.589. The number of nitrogens with one attached hydrogen (secondary N) is 1. The predicted molar refractivity (Wildman–Crippen MR) is 113 cm³/mol. The Morgan fingerprint density at radius 3 is 2.21 bits per heavy atom. The molecular weight excluding hydrogens is 376 g/mol. The van der Waals surface area contributed by atoms with Crippen LogP contribution in [-0.2, 0) is 4.74 Å². The highest BCUT2D eigenvalue weighted by atomic mass is 35.5. The monoisotopic (exact) mass is 402 g/mol. The zero-order chi connectivity index (χ0) is 20.6. The maximum absolute atomic E-state index is 12.5. The Hall–Kier alpha value is -2.34. The van der Waals surface area contributed by atoms with Crippen molar-refractivity contribution in [1.29, 1.82) is 0 Å².